The van der Waals surface area contributed by atoms with E-state index in [2.05, 4.69) is 17.1 Å². The number of nitrogen functional groups attached to an aromatic ring is 1. The summed E-state index contributed by atoms with van der Waals surface area (Å²) in [7, 11) is 2.02. The molecule has 2 aromatic carbocycles. The van der Waals surface area contributed by atoms with Crippen LogP contribution in [0.5, 0.6) is 5.75 Å². The van der Waals surface area contributed by atoms with Gasteiger partial charge in [0.1, 0.15) is 5.75 Å². The molecule has 2 unspecified atom stereocenters. The summed E-state index contributed by atoms with van der Waals surface area (Å²) in [5.74, 6) is -0.918. The van der Waals surface area contributed by atoms with Crippen molar-refractivity contribution in [3.8, 4) is 5.75 Å². The zero-order valence-electron chi connectivity index (χ0n) is 15.7. The molecule has 1 amide bonds. The molecule has 0 aliphatic heterocycles. The van der Waals surface area contributed by atoms with E-state index in [4.69, 9.17) is 11.5 Å². The number of nitrogens with one attached hydrogen (secondary N) is 1. The fraction of sp³-hybridized carbons (Fsp3) is 0.350. The molecule has 27 heavy (non-hydrogen) atoms. The van der Waals surface area contributed by atoms with Gasteiger partial charge in [-0.2, -0.15) is 0 Å². The Bertz CT molecular complexity index is 764. The number of rotatable bonds is 9. The first kappa shape index (κ1) is 20.5. The van der Waals surface area contributed by atoms with Crippen LogP contribution in [0.2, 0.25) is 0 Å². The van der Waals surface area contributed by atoms with Crippen LogP contribution in [0.15, 0.2) is 42.5 Å². The maximum absolute atomic E-state index is 11.3. The molecule has 2 atom stereocenters. The molecule has 0 aliphatic rings. The number of primary amides is 1. The molecule has 0 bridgehead atoms. The number of anilines is 2. The summed E-state index contributed by atoms with van der Waals surface area (Å²) in [5, 5.41) is 23.2. The van der Waals surface area contributed by atoms with E-state index >= 15 is 0 Å². The van der Waals surface area contributed by atoms with Gasteiger partial charge in [-0.05, 0) is 55.3 Å². The molecule has 0 radical (unpaired) electrons. The van der Waals surface area contributed by atoms with Crippen molar-refractivity contribution >= 4 is 17.3 Å². The minimum Gasteiger partial charge on any atom is -0.507 e. The van der Waals surface area contributed by atoms with Crippen molar-refractivity contribution < 1.29 is 15.0 Å². The van der Waals surface area contributed by atoms with Crippen molar-refractivity contribution in [3.05, 3.63) is 53.6 Å². The predicted molar refractivity (Wildman–Crippen MR) is 108 cm³/mol. The van der Waals surface area contributed by atoms with Gasteiger partial charge in [-0.25, -0.2) is 0 Å². The van der Waals surface area contributed by atoms with E-state index in [1.807, 2.05) is 31.3 Å². The number of aliphatic hydroxyl groups is 1. The lowest BCUT2D eigenvalue weighted by atomic mass is 10.0. The second-order valence-electron chi connectivity index (χ2n) is 6.77. The van der Waals surface area contributed by atoms with Gasteiger partial charge in [-0.15, -0.1) is 0 Å². The zero-order valence-corrected chi connectivity index (χ0v) is 15.7. The Hall–Kier alpha value is -2.77. The zero-order chi connectivity index (χ0) is 20.0. The second kappa shape index (κ2) is 9.25. The smallest absolute Gasteiger partial charge is 0.252 e. The molecular weight excluding hydrogens is 344 g/mol. The number of carbonyl (C=O) groups is 1. The Morgan fingerprint density at radius 2 is 1.89 bits per heavy atom. The number of carbonyl (C=O) groups excluding carboxylic acids is 1. The standard InChI is InChI=1S/C20H28N4O3/c1-13(9-10-24(2)16-6-4-15(21)5-7-16)23-12-19(26)14-3-8-18(25)17(11-14)20(22)27/h3-8,11,13,19,23,25-26H,9-10,12,21H2,1-2H3,(H2,22,27). The molecule has 7 N–H and O–H groups in total. The van der Waals surface area contributed by atoms with Gasteiger partial charge in [0.25, 0.3) is 5.91 Å². The maximum Gasteiger partial charge on any atom is 0.252 e. The van der Waals surface area contributed by atoms with Crippen molar-refractivity contribution in [1.82, 2.24) is 5.32 Å². The average molecular weight is 372 g/mol. The number of nitrogens with zero attached hydrogens (tertiary/aromatic N) is 1. The summed E-state index contributed by atoms with van der Waals surface area (Å²) in [6.07, 6.45) is 0.0800. The third kappa shape index (κ3) is 5.87. The summed E-state index contributed by atoms with van der Waals surface area (Å²) < 4.78 is 0. The van der Waals surface area contributed by atoms with Gasteiger partial charge in [-0.1, -0.05) is 6.07 Å². The fourth-order valence-electron chi connectivity index (χ4n) is 2.74. The first-order chi connectivity index (χ1) is 12.8. The van der Waals surface area contributed by atoms with Crippen LogP contribution in [0, 0.1) is 0 Å². The van der Waals surface area contributed by atoms with Crippen LogP contribution < -0.4 is 21.7 Å². The largest absolute Gasteiger partial charge is 0.507 e. The lowest BCUT2D eigenvalue weighted by Crippen LogP contribution is -2.33. The van der Waals surface area contributed by atoms with Gasteiger partial charge in [0.2, 0.25) is 0 Å². The Labute approximate surface area is 159 Å². The lowest BCUT2D eigenvalue weighted by molar-refractivity contribution is 0.0997. The molecule has 0 spiro atoms. The fourth-order valence-corrected chi connectivity index (χ4v) is 2.74. The van der Waals surface area contributed by atoms with Gasteiger partial charge < -0.3 is 31.9 Å². The number of phenols is 1. The highest BCUT2D eigenvalue weighted by molar-refractivity contribution is 5.95. The van der Waals surface area contributed by atoms with Crippen molar-refractivity contribution in [2.24, 2.45) is 5.73 Å². The Kier molecular flexibility index (Phi) is 7.04. The van der Waals surface area contributed by atoms with E-state index in [1.54, 1.807) is 6.07 Å². The number of aromatic hydroxyl groups is 1. The van der Waals surface area contributed by atoms with Gasteiger partial charge in [0, 0.05) is 37.6 Å². The summed E-state index contributed by atoms with van der Waals surface area (Å²) in [6, 6.07) is 12.3. The third-order valence-electron chi connectivity index (χ3n) is 4.56. The molecule has 146 valence electrons. The molecule has 2 aromatic rings. The molecule has 0 saturated carbocycles. The number of nitrogens with two attached hydrogens (primary N) is 2. The van der Waals surface area contributed by atoms with E-state index < -0.39 is 12.0 Å². The van der Waals surface area contributed by atoms with Crippen molar-refractivity contribution in [1.29, 1.82) is 0 Å². The van der Waals surface area contributed by atoms with Crippen LogP contribution in [-0.2, 0) is 0 Å². The number of benzene rings is 2. The summed E-state index contributed by atoms with van der Waals surface area (Å²) >= 11 is 0. The molecule has 7 nitrogen and oxygen atoms in total. The van der Waals surface area contributed by atoms with Gasteiger partial charge in [-0.3, -0.25) is 4.79 Å². The molecule has 0 heterocycles. The van der Waals surface area contributed by atoms with Gasteiger partial charge >= 0.3 is 0 Å². The Morgan fingerprint density at radius 1 is 1.22 bits per heavy atom. The molecule has 7 heteroatoms. The highest BCUT2D eigenvalue weighted by atomic mass is 16.3. The molecule has 0 fully saturated rings. The maximum atomic E-state index is 11.3. The number of hydrogen-bond acceptors (Lipinski definition) is 6. The molecule has 0 aromatic heterocycles. The molecule has 2 rings (SSSR count). The summed E-state index contributed by atoms with van der Waals surface area (Å²) in [5.41, 5.74) is 13.3. The number of aliphatic hydroxyl groups excluding tert-OH is 1. The van der Waals surface area contributed by atoms with Crippen molar-refractivity contribution in [2.45, 2.75) is 25.5 Å². The van der Waals surface area contributed by atoms with Crippen LogP contribution >= 0.6 is 0 Å². The van der Waals surface area contributed by atoms with Crippen LogP contribution in [0.1, 0.15) is 35.4 Å². The van der Waals surface area contributed by atoms with Crippen molar-refractivity contribution in [2.75, 3.05) is 30.8 Å². The Balaban J connectivity index is 1.82. The minimum atomic E-state index is -0.805. The highest BCUT2D eigenvalue weighted by Crippen LogP contribution is 2.22. The number of hydrogen-bond donors (Lipinski definition) is 5. The molecule has 0 aliphatic carbocycles. The molecular formula is C20H28N4O3. The van der Waals surface area contributed by atoms with E-state index in [-0.39, 0.29) is 17.4 Å². The van der Waals surface area contributed by atoms with E-state index in [1.165, 1.54) is 12.1 Å². The number of amides is 1. The summed E-state index contributed by atoms with van der Waals surface area (Å²) in [4.78, 5) is 13.4. The first-order valence-electron chi connectivity index (χ1n) is 8.88. The Morgan fingerprint density at radius 3 is 2.52 bits per heavy atom. The minimum absolute atomic E-state index is 0.00437. The highest BCUT2D eigenvalue weighted by Gasteiger charge is 2.14. The van der Waals surface area contributed by atoms with Crippen molar-refractivity contribution in [3.63, 3.8) is 0 Å². The van der Waals surface area contributed by atoms with Crippen LogP contribution in [0.25, 0.3) is 0 Å². The third-order valence-corrected chi connectivity index (χ3v) is 4.56. The second-order valence-corrected chi connectivity index (χ2v) is 6.77. The van der Waals surface area contributed by atoms with Gasteiger partial charge in [0.05, 0.1) is 11.7 Å². The van der Waals surface area contributed by atoms with Gasteiger partial charge in [0.15, 0.2) is 0 Å². The quantitative estimate of drug-likeness (QED) is 0.426. The SMILES string of the molecule is CC(CCN(C)c1ccc(N)cc1)NCC(O)c1ccc(O)c(C(N)=O)c1. The van der Waals surface area contributed by atoms with E-state index in [9.17, 15) is 15.0 Å². The first-order valence-corrected chi connectivity index (χ1v) is 8.88. The average Bonchev–Trinajstić information content (AvgIpc) is 2.64. The summed E-state index contributed by atoms with van der Waals surface area (Å²) in [6.45, 7) is 3.23. The lowest BCUT2D eigenvalue weighted by Gasteiger charge is -2.23. The van der Waals surface area contributed by atoms with E-state index in [0.717, 1.165) is 24.3 Å². The monoisotopic (exact) mass is 372 g/mol. The van der Waals surface area contributed by atoms with Crippen LogP contribution in [0.3, 0.4) is 0 Å². The van der Waals surface area contributed by atoms with E-state index in [0.29, 0.717) is 12.1 Å². The molecule has 0 saturated heterocycles. The topological polar surface area (TPSA) is 125 Å². The van der Waals surface area contributed by atoms with Crippen LogP contribution in [-0.4, -0.2) is 42.3 Å². The normalized spacial score (nSPS) is 13.1. The van der Waals surface area contributed by atoms with Crippen LogP contribution in [0.4, 0.5) is 11.4 Å². The predicted octanol–water partition coefficient (Wildman–Crippen LogP) is 1.61.